The lowest BCUT2D eigenvalue weighted by atomic mass is 10.0. The highest BCUT2D eigenvalue weighted by Crippen LogP contribution is 2.11. The lowest BCUT2D eigenvalue weighted by Crippen LogP contribution is -2.46. The molecule has 0 bridgehead atoms. The van der Waals surface area contributed by atoms with Crippen LogP contribution in [0, 0.1) is 0 Å². The molecule has 7 nitrogen and oxygen atoms in total. The summed E-state index contributed by atoms with van der Waals surface area (Å²) >= 11 is 0. The van der Waals surface area contributed by atoms with Gasteiger partial charge < -0.3 is 20.3 Å². The number of rotatable bonds is 4. The SMILES string of the molecule is CC(=O)NC1CCN(C(=O)CCNC(=O)OC(C)(C)C)CC1. The van der Waals surface area contributed by atoms with Gasteiger partial charge in [0.15, 0.2) is 0 Å². The third-order valence-corrected chi connectivity index (χ3v) is 3.26. The van der Waals surface area contributed by atoms with Crippen LogP contribution in [0.1, 0.15) is 47.0 Å². The smallest absolute Gasteiger partial charge is 0.407 e. The number of nitrogens with one attached hydrogen (secondary N) is 2. The van der Waals surface area contributed by atoms with E-state index < -0.39 is 11.7 Å². The molecule has 0 spiro atoms. The van der Waals surface area contributed by atoms with Crippen LogP contribution in [0.15, 0.2) is 0 Å². The topological polar surface area (TPSA) is 87.7 Å². The van der Waals surface area contributed by atoms with Crippen LogP contribution in [0.3, 0.4) is 0 Å². The Morgan fingerprint density at radius 3 is 2.27 bits per heavy atom. The van der Waals surface area contributed by atoms with Crippen molar-refractivity contribution in [2.45, 2.75) is 58.6 Å². The maximum absolute atomic E-state index is 12.0. The molecule has 0 aliphatic carbocycles. The second-order valence-electron chi connectivity index (χ2n) is 6.53. The summed E-state index contributed by atoms with van der Waals surface area (Å²) in [6.45, 7) is 8.40. The number of amides is 3. The van der Waals surface area contributed by atoms with Crippen LogP contribution in [0.5, 0.6) is 0 Å². The summed E-state index contributed by atoms with van der Waals surface area (Å²) in [6, 6.07) is 0.154. The summed E-state index contributed by atoms with van der Waals surface area (Å²) in [5.41, 5.74) is -0.542. The highest BCUT2D eigenvalue weighted by Gasteiger charge is 2.23. The van der Waals surface area contributed by atoms with Gasteiger partial charge in [-0.2, -0.15) is 0 Å². The average molecular weight is 313 g/mol. The van der Waals surface area contributed by atoms with Gasteiger partial charge in [0.1, 0.15) is 5.60 Å². The van der Waals surface area contributed by atoms with Crippen LogP contribution in [0.4, 0.5) is 4.79 Å². The van der Waals surface area contributed by atoms with Crippen LogP contribution in [-0.4, -0.2) is 54.1 Å². The molecular weight excluding hydrogens is 286 g/mol. The van der Waals surface area contributed by atoms with Gasteiger partial charge in [-0.05, 0) is 33.6 Å². The van der Waals surface area contributed by atoms with Crippen molar-refractivity contribution in [1.82, 2.24) is 15.5 Å². The molecular formula is C15H27N3O4. The Morgan fingerprint density at radius 2 is 1.77 bits per heavy atom. The molecule has 0 aromatic carbocycles. The van der Waals surface area contributed by atoms with E-state index in [1.165, 1.54) is 6.92 Å². The van der Waals surface area contributed by atoms with Gasteiger partial charge in [-0.3, -0.25) is 9.59 Å². The van der Waals surface area contributed by atoms with E-state index in [0.29, 0.717) is 13.1 Å². The first-order chi connectivity index (χ1) is 10.2. The largest absolute Gasteiger partial charge is 0.444 e. The number of carbonyl (C=O) groups excluding carboxylic acids is 3. The predicted molar refractivity (Wildman–Crippen MR) is 82.3 cm³/mol. The fraction of sp³-hybridized carbons (Fsp3) is 0.800. The van der Waals surface area contributed by atoms with E-state index >= 15 is 0 Å². The van der Waals surface area contributed by atoms with Crippen molar-refractivity contribution in [3.8, 4) is 0 Å². The Hall–Kier alpha value is -1.79. The number of ether oxygens (including phenoxy) is 1. The summed E-state index contributed by atoms with van der Waals surface area (Å²) in [4.78, 5) is 36.3. The quantitative estimate of drug-likeness (QED) is 0.811. The number of carbonyl (C=O) groups is 3. The molecule has 0 radical (unpaired) electrons. The third-order valence-electron chi connectivity index (χ3n) is 3.26. The molecule has 1 fully saturated rings. The van der Waals surface area contributed by atoms with Crippen molar-refractivity contribution in [3.05, 3.63) is 0 Å². The minimum absolute atomic E-state index is 0.0114. The molecule has 0 saturated carbocycles. The zero-order valence-electron chi connectivity index (χ0n) is 13.9. The minimum Gasteiger partial charge on any atom is -0.444 e. The maximum atomic E-state index is 12.0. The summed E-state index contributed by atoms with van der Waals surface area (Å²) in [6.07, 6.45) is 1.28. The van der Waals surface area contributed by atoms with E-state index in [1.807, 2.05) is 0 Å². The van der Waals surface area contributed by atoms with E-state index in [1.54, 1.807) is 25.7 Å². The monoisotopic (exact) mass is 313 g/mol. The van der Waals surface area contributed by atoms with Gasteiger partial charge in [0.2, 0.25) is 11.8 Å². The average Bonchev–Trinajstić information content (AvgIpc) is 2.36. The van der Waals surface area contributed by atoms with Crippen molar-refractivity contribution in [3.63, 3.8) is 0 Å². The predicted octanol–water partition coefficient (Wildman–Crippen LogP) is 1.03. The minimum atomic E-state index is -0.542. The van der Waals surface area contributed by atoms with E-state index in [4.69, 9.17) is 4.74 Å². The van der Waals surface area contributed by atoms with Gasteiger partial charge in [-0.1, -0.05) is 0 Å². The van der Waals surface area contributed by atoms with Gasteiger partial charge >= 0.3 is 6.09 Å². The molecule has 3 amide bonds. The summed E-state index contributed by atoms with van der Waals surface area (Å²) in [5.74, 6) is -0.0244. The number of likely N-dealkylation sites (tertiary alicyclic amines) is 1. The number of nitrogens with zero attached hydrogens (tertiary/aromatic N) is 1. The number of hydrogen-bond donors (Lipinski definition) is 2. The van der Waals surface area contributed by atoms with E-state index in [0.717, 1.165) is 12.8 Å². The fourth-order valence-electron chi connectivity index (χ4n) is 2.30. The van der Waals surface area contributed by atoms with Gasteiger partial charge in [0, 0.05) is 39.0 Å². The standard InChI is InChI=1S/C15H27N3O4/c1-11(19)17-12-6-9-18(10-7-12)13(20)5-8-16-14(21)22-15(2,3)4/h12H,5-10H2,1-4H3,(H,16,21)(H,17,19). The van der Waals surface area contributed by atoms with E-state index in [2.05, 4.69) is 10.6 Å². The Balaban J connectivity index is 2.21. The summed E-state index contributed by atoms with van der Waals surface area (Å²) < 4.78 is 5.10. The molecule has 0 unspecified atom stereocenters. The normalized spacial score (nSPS) is 16.1. The molecule has 126 valence electrons. The first-order valence-corrected chi connectivity index (χ1v) is 7.69. The maximum Gasteiger partial charge on any atom is 0.407 e. The van der Waals surface area contributed by atoms with Crippen molar-refractivity contribution in [1.29, 1.82) is 0 Å². The fourth-order valence-corrected chi connectivity index (χ4v) is 2.30. The molecule has 1 aliphatic heterocycles. The zero-order valence-corrected chi connectivity index (χ0v) is 13.9. The molecule has 0 atom stereocenters. The zero-order chi connectivity index (χ0) is 16.8. The molecule has 22 heavy (non-hydrogen) atoms. The van der Waals surface area contributed by atoms with Crippen molar-refractivity contribution in [2.75, 3.05) is 19.6 Å². The van der Waals surface area contributed by atoms with Crippen molar-refractivity contribution >= 4 is 17.9 Å². The number of alkyl carbamates (subject to hydrolysis) is 1. The van der Waals surface area contributed by atoms with Crippen molar-refractivity contribution < 1.29 is 19.1 Å². The van der Waals surface area contributed by atoms with Gasteiger partial charge in [-0.25, -0.2) is 4.79 Å². The molecule has 1 heterocycles. The molecule has 1 rings (SSSR count). The van der Waals surface area contributed by atoms with Gasteiger partial charge in [-0.15, -0.1) is 0 Å². The first-order valence-electron chi connectivity index (χ1n) is 7.69. The highest BCUT2D eigenvalue weighted by atomic mass is 16.6. The van der Waals surface area contributed by atoms with Crippen LogP contribution >= 0.6 is 0 Å². The third kappa shape index (κ3) is 7.28. The molecule has 2 N–H and O–H groups in total. The summed E-state index contributed by atoms with van der Waals surface area (Å²) in [5, 5.41) is 5.45. The second-order valence-corrected chi connectivity index (χ2v) is 6.53. The molecule has 7 heteroatoms. The first kappa shape index (κ1) is 18.3. The molecule has 0 aromatic rings. The molecule has 0 aromatic heterocycles. The van der Waals surface area contributed by atoms with Crippen LogP contribution in [0.25, 0.3) is 0 Å². The lowest BCUT2D eigenvalue weighted by Gasteiger charge is -2.32. The number of hydrogen-bond acceptors (Lipinski definition) is 4. The van der Waals surface area contributed by atoms with E-state index in [9.17, 15) is 14.4 Å². The van der Waals surface area contributed by atoms with Crippen molar-refractivity contribution in [2.24, 2.45) is 0 Å². The Labute approximate surface area is 131 Å². The number of piperidine rings is 1. The van der Waals surface area contributed by atoms with Crippen LogP contribution in [-0.2, 0) is 14.3 Å². The second kappa shape index (κ2) is 8.00. The highest BCUT2D eigenvalue weighted by molar-refractivity contribution is 5.77. The lowest BCUT2D eigenvalue weighted by molar-refractivity contribution is -0.132. The Bertz CT molecular complexity index is 410. The van der Waals surface area contributed by atoms with Gasteiger partial charge in [0.05, 0.1) is 0 Å². The molecule has 1 aliphatic rings. The Morgan fingerprint density at radius 1 is 1.18 bits per heavy atom. The summed E-state index contributed by atoms with van der Waals surface area (Å²) in [7, 11) is 0. The van der Waals surface area contributed by atoms with Crippen LogP contribution < -0.4 is 10.6 Å². The Kier molecular flexibility index (Phi) is 6.64. The van der Waals surface area contributed by atoms with Crippen LogP contribution in [0.2, 0.25) is 0 Å². The molecule has 1 saturated heterocycles. The van der Waals surface area contributed by atoms with E-state index in [-0.39, 0.29) is 30.8 Å². The van der Waals surface area contributed by atoms with Gasteiger partial charge in [0.25, 0.3) is 0 Å².